The third kappa shape index (κ3) is 7.32. The van der Waals surface area contributed by atoms with E-state index in [0.29, 0.717) is 24.2 Å². The van der Waals surface area contributed by atoms with Crippen LogP contribution in [0.3, 0.4) is 0 Å². The second-order valence-corrected chi connectivity index (χ2v) is 12.2. The number of carbonyl (C=O) groups is 3. The molecule has 1 aromatic carbocycles. The maximum atomic E-state index is 13.3. The molecule has 38 heavy (non-hydrogen) atoms. The topological polar surface area (TPSA) is 140 Å². The second kappa shape index (κ2) is 11.5. The van der Waals surface area contributed by atoms with Crippen LogP contribution in [0, 0.1) is 0 Å². The van der Waals surface area contributed by atoms with Crippen molar-refractivity contribution in [3.63, 3.8) is 0 Å². The Hall–Kier alpha value is -3.45. The number of nitrogens with zero attached hydrogens (tertiary/aromatic N) is 4. The van der Waals surface area contributed by atoms with Gasteiger partial charge in [0, 0.05) is 40.3 Å². The summed E-state index contributed by atoms with van der Waals surface area (Å²) < 4.78 is 39.7. The number of amides is 2. The Kier molecular flexibility index (Phi) is 8.82. The van der Waals surface area contributed by atoms with E-state index in [0.717, 1.165) is 4.31 Å². The number of sulfonamides is 1. The molecule has 1 N–H and O–H groups in total. The number of imidazole rings is 1. The maximum absolute atomic E-state index is 13.3. The van der Waals surface area contributed by atoms with Crippen molar-refractivity contribution in [2.24, 2.45) is 7.05 Å². The molecular weight excluding hydrogens is 514 g/mol. The molecular formula is C25H35N5O7S. The van der Waals surface area contributed by atoms with Crippen molar-refractivity contribution in [3.05, 3.63) is 42.4 Å². The fourth-order valence-corrected chi connectivity index (χ4v) is 5.51. The highest BCUT2D eigenvalue weighted by Gasteiger charge is 2.41. The summed E-state index contributed by atoms with van der Waals surface area (Å²) in [7, 11) is 0.795. The van der Waals surface area contributed by atoms with Crippen molar-refractivity contribution in [1.82, 2.24) is 24.1 Å². The average Bonchev–Trinajstić information content (AvgIpc) is 3.48. The summed E-state index contributed by atoms with van der Waals surface area (Å²) in [5.41, 5.74) is -0.123. The van der Waals surface area contributed by atoms with Crippen LogP contribution in [-0.4, -0.2) is 83.5 Å². The number of carbonyl (C=O) groups excluding carboxylic acids is 3. The zero-order valence-electron chi connectivity index (χ0n) is 22.5. The number of aromatic nitrogens is 2. The minimum atomic E-state index is -4.00. The van der Waals surface area contributed by atoms with E-state index in [9.17, 15) is 22.8 Å². The van der Waals surface area contributed by atoms with E-state index in [2.05, 4.69) is 10.3 Å². The first-order valence-electron chi connectivity index (χ1n) is 12.2. The fraction of sp³-hybridized carbons (Fsp3) is 0.520. The molecule has 2 atom stereocenters. The zero-order valence-corrected chi connectivity index (χ0v) is 23.3. The number of ether oxygens (including phenoxy) is 2. The first-order chi connectivity index (χ1) is 17.7. The van der Waals surface area contributed by atoms with Crippen molar-refractivity contribution in [1.29, 1.82) is 0 Å². The van der Waals surface area contributed by atoms with Gasteiger partial charge in [-0.25, -0.2) is 23.0 Å². The highest BCUT2D eigenvalue weighted by Crippen LogP contribution is 2.26. The normalized spacial score (nSPS) is 17.1. The molecule has 208 valence electrons. The molecule has 1 saturated heterocycles. The smallest absolute Gasteiger partial charge is 0.414 e. The summed E-state index contributed by atoms with van der Waals surface area (Å²) in [4.78, 5) is 43.4. The van der Waals surface area contributed by atoms with Crippen LogP contribution in [0.5, 0.6) is 5.75 Å². The largest absolute Gasteiger partial charge is 0.458 e. The summed E-state index contributed by atoms with van der Waals surface area (Å²) in [6, 6.07) is 4.47. The van der Waals surface area contributed by atoms with E-state index in [-0.39, 0.29) is 18.0 Å². The number of hydrogen-bond donors (Lipinski definition) is 1. The lowest BCUT2D eigenvalue weighted by Gasteiger charge is -2.27. The van der Waals surface area contributed by atoms with Crippen LogP contribution >= 0.6 is 0 Å². The summed E-state index contributed by atoms with van der Waals surface area (Å²) in [5, 5.41) is 2.57. The number of aryl methyl sites for hydroxylation is 1. The van der Waals surface area contributed by atoms with Gasteiger partial charge in [-0.3, -0.25) is 4.79 Å². The molecule has 1 aliphatic heterocycles. The van der Waals surface area contributed by atoms with Gasteiger partial charge >= 0.3 is 12.1 Å². The van der Waals surface area contributed by atoms with E-state index in [4.69, 9.17) is 9.47 Å². The number of nitrogens with one attached hydrogen (secondary N) is 1. The van der Waals surface area contributed by atoms with Crippen LogP contribution in [0.15, 0.2) is 41.8 Å². The van der Waals surface area contributed by atoms with Crippen LogP contribution in [0.4, 0.5) is 4.79 Å². The molecule has 1 fully saturated rings. The lowest BCUT2D eigenvalue weighted by atomic mass is 10.0. The predicted molar refractivity (Wildman–Crippen MR) is 138 cm³/mol. The van der Waals surface area contributed by atoms with Crippen LogP contribution in [0.2, 0.25) is 0 Å². The van der Waals surface area contributed by atoms with E-state index >= 15 is 0 Å². The first kappa shape index (κ1) is 29.1. The Bertz CT molecular complexity index is 1270. The molecule has 2 aromatic rings. The van der Waals surface area contributed by atoms with Gasteiger partial charge in [0.15, 0.2) is 5.03 Å². The molecule has 12 nitrogen and oxygen atoms in total. The van der Waals surface area contributed by atoms with Gasteiger partial charge < -0.3 is 24.3 Å². The minimum Gasteiger partial charge on any atom is -0.458 e. The van der Waals surface area contributed by atoms with Crippen molar-refractivity contribution in [2.75, 3.05) is 20.6 Å². The molecule has 0 bridgehead atoms. The molecule has 1 aliphatic rings. The van der Waals surface area contributed by atoms with Crippen molar-refractivity contribution in [3.8, 4) is 5.75 Å². The number of rotatable bonds is 8. The molecule has 0 saturated carbocycles. The molecule has 2 amide bonds. The molecule has 3 rings (SSSR count). The van der Waals surface area contributed by atoms with Gasteiger partial charge in [-0.2, -0.15) is 4.31 Å². The average molecular weight is 550 g/mol. The van der Waals surface area contributed by atoms with Crippen LogP contribution in [0.25, 0.3) is 0 Å². The summed E-state index contributed by atoms with van der Waals surface area (Å²) in [5.74, 6) is -0.910. The van der Waals surface area contributed by atoms with Gasteiger partial charge in [0.05, 0.1) is 6.33 Å². The fourth-order valence-electron chi connectivity index (χ4n) is 3.89. The maximum Gasteiger partial charge on any atom is 0.414 e. The van der Waals surface area contributed by atoms with Crippen LogP contribution in [-0.2, 0) is 37.8 Å². The Labute approximate surface area is 223 Å². The summed E-state index contributed by atoms with van der Waals surface area (Å²) in [6.07, 6.45) is 3.12. The van der Waals surface area contributed by atoms with E-state index in [1.807, 2.05) is 0 Å². The predicted octanol–water partition coefficient (Wildman–Crippen LogP) is 1.70. The van der Waals surface area contributed by atoms with E-state index in [1.54, 1.807) is 66.2 Å². The number of esters is 1. The second-order valence-electron chi connectivity index (χ2n) is 10.4. The quantitative estimate of drug-likeness (QED) is 0.491. The highest BCUT2D eigenvalue weighted by atomic mass is 32.2. The molecule has 13 heteroatoms. The summed E-state index contributed by atoms with van der Waals surface area (Å²) in [6.45, 7) is 5.32. The monoisotopic (exact) mass is 549 g/mol. The standard InChI is InChI=1S/C25H35N5O7S/c1-25(2,3)37-23(32)19(14-17-9-11-18(12-10-17)36-24(33)28(4)5)27-22(31)20-8-7-13-30(20)38(34,35)21-15-29(6)16-26-21/h9-12,15-16,19-20H,7-8,13-14H2,1-6H3,(H,27,31)/t19-,20-/m0/s1. The van der Waals surface area contributed by atoms with Crippen LogP contribution < -0.4 is 10.1 Å². The van der Waals surface area contributed by atoms with Gasteiger partial charge in [-0.05, 0) is 51.3 Å². The lowest BCUT2D eigenvalue weighted by Crippen LogP contribution is -2.52. The molecule has 0 radical (unpaired) electrons. The Morgan fingerprint density at radius 1 is 1.18 bits per heavy atom. The molecule has 1 aromatic heterocycles. The van der Waals surface area contributed by atoms with E-state index < -0.39 is 45.7 Å². The Morgan fingerprint density at radius 2 is 1.84 bits per heavy atom. The molecule has 0 aliphatic carbocycles. The Balaban J connectivity index is 1.78. The third-order valence-electron chi connectivity index (χ3n) is 5.70. The minimum absolute atomic E-state index is 0.0856. The summed E-state index contributed by atoms with van der Waals surface area (Å²) >= 11 is 0. The van der Waals surface area contributed by atoms with Crippen molar-refractivity contribution >= 4 is 28.0 Å². The van der Waals surface area contributed by atoms with Gasteiger partial charge in [0.1, 0.15) is 23.4 Å². The van der Waals surface area contributed by atoms with Crippen molar-refractivity contribution < 1.29 is 32.3 Å². The van der Waals surface area contributed by atoms with Crippen LogP contribution in [0.1, 0.15) is 39.2 Å². The third-order valence-corrected chi connectivity index (χ3v) is 7.50. The first-order valence-corrected chi connectivity index (χ1v) is 13.6. The van der Waals surface area contributed by atoms with Gasteiger partial charge in [-0.1, -0.05) is 12.1 Å². The highest BCUT2D eigenvalue weighted by molar-refractivity contribution is 7.89. The Morgan fingerprint density at radius 3 is 2.39 bits per heavy atom. The van der Waals surface area contributed by atoms with Gasteiger partial charge in [0.25, 0.3) is 10.0 Å². The molecule has 0 spiro atoms. The van der Waals surface area contributed by atoms with Gasteiger partial charge in [0.2, 0.25) is 5.91 Å². The number of hydrogen-bond acceptors (Lipinski definition) is 8. The SMILES string of the molecule is CN(C)C(=O)Oc1ccc(C[C@H](NC(=O)[C@@H]2CCCN2S(=O)(=O)c2cn(C)cn2)C(=O)OC(C)(C)C)cc1. The number of benzene rings is 1. The lowest BCUT2D eigenvalue weighted by molar-refractivity contribution is -0.158. The zero-order chi connectivity index (χ0) is 28.3. The molecule has 0 unspecified atom stereocenters. The van der Waals surface area contributed by atoms with Crippen molar-refractivity contribution in [2.45, 2.75) is 62.7 Å². The van der Waals surface area contributed by atoms with Gasteiger partial charge in [-0.15, -0.1) is 0 Å². The molecule has 2 heterocycles. The van der Waals surface area contributed by atoms with E-state index in [1.165, 1.54) is 22.0 Å².